The summed E-state index contributed by atoms with van der Waals surface area (Å²) >= 11 is 3.70. The molecule has 12 rings (SSSR count). The molecule has 266 valence electrons. The summed E-state index contributed by atoms with van der Waals surface area (Å²) in [6.07, 6.45) is 8.96. The number of allylic oxidation sites excluding steroid dienone is 1. The average molecular weight is 757 g/mol. The molecule has 4 nitrogen and oxygen atoms in total. The fourth-order valence-corrected chi connectivity index (χ4v) is 11.3. The van der Waals surface area contributed by atoms with Gasteiger partial charge in [0.1, 0.15) is 10.8 Å². The number of rotatable bonds is 6. The fourth-order valence-electron chi connectivity index (χ4n) is 8.85. The fraction of sp³-hybridized carbons (Fsp3) is 0.0400. The molecule has 1 aliphatic carbocycles. The Labute approximate surface area is 331 Å². The molecule has 10 aromatic rings. The summed E-state index contributed by atoms with van der Waals surface area (Å²) < 4.78 is 14.3. The zero-order chi connectivity index (χ0) is 36.7. The van der Waals surface area contributed by atoms with E-state index in [1.807, 2.05) is 34.8 Å². The van der Waals surface area contributed by atoms with Gasteiger partial charge in [-0.3, -0.25) is 0 Å². The number of hydrogen-bond acceptors (Lipinski definition) is 6. The Bertz CT molecular complexity index is 3110. The lowest BCUT2D eigenvalue weighted by molar-refractivity contribution is 0.612. The van der Waals surface area contributed by atoms with Crippen molar-refractivity contribution in [2.45, 2.75) is 12.0 Å². The molecular weight excluding hydrogens is 725 g/mol. The summed E-state index contributed by atoms with van der Waals surface area (Å²) in [6, 6.07) is 56.8. The number of para-hydroxylation sites is 1. The molecule has 0 radical (unpaired) electrons. The third-order valence-corrected chi connectivity index (χ3v) is 13.6. The van der Waals surface area contributed by atoms with Crippen molar-refractivity contribution in [1.82, 2.24) is 0 Å². The first-order valence-electron chi connectivity index (χ1n) is 18.9. The number of nitrogens with zero attached hydrogens (tertiary/aromatic N) is 2. The summed E-state index contributed by atoms with van der Waals surface area (Å²) in [5.74, 6) is 0.967. The van der Waals surface area contributed by atoms with E-state index in [0.717, 1.165) is 33.9 Å². The van der Waals surface area contributed by atoms with Crippen LogP contribution in [0.1, 0.15) is 11.5 Å². The molecule has 0 fully saturated rings. The number of fused-ring (bicyclic) bond motifs is 10. The van der Waals surface area contributed by atoms with Gasteiger partial charge in [-0.05, 0) is 88.0 Å². The van der Waals surface area contributed by atoms with Gasteiger partial charge in [0.05, 0.1) is 18.0 Å². The Balaban J connectivity index is 1.03. The second-order valence-electron chi connectivity index (χ2n) is 14.5. The van der Waals surface area contributed by atoms with Gasteiger partial charge in [-0.25, -0.2) is 0 Å². The lowest BCUT2D eigenvalue weighted by Gasteiger charge is -2.33. The Kier molecular flexibility index (Phi) is 7.06. The van der Waals surface area contributed by atoms with Crippen LogP contribution in [-0.4, -0.2) is 6.04 Å². The summed E-state index contributed by atoms with van der Waals surface area (Å²) in [7, 11) is 0. The third kappa shape index (κ3) is 4.89. The molecule has 56 heavy (non-hydrogen) atoms. The molecule has 2 atom stereocenters. The predicted molar refractivity (Wildman–Crippen MR) is 235 cm³/mol. The van der Waals surface area contributed by atoms with E-state index in [-0.39, 0.29) is 12.0 Å². The highest BCUT2D eigenvalue weighted by Crippen LogP contribution is 2.55. The van der Waals surface area contributed by atoms with Crippen molar-refractivity contribution in [3.05, 3.63) is 193 Å². The number of anilines is 4. The minimum Gasteiger partial charge on any atom is -0.461 e. The van der Waals surface area contributed by atoms with E-state index >= 15 is 0 Å². The minimum absolute atomic E-state index is 0.0627. The van der Waals surface area contributed by atoms with Gasteiger partial charge in [-0.15, -0.1) is 22.7 Å². The molecule has 0 saturated carbocycles. The molecule has 0 bridgehead atoms. The monoisotopic (exact) mass is 756 g/mol. The van der Waals surface area contributed by atoms with E-state index in [1.54, 1.807) is 6.26 Å². The van der Waals surface area contributed by atoms with Crippen molar-refractivity contribution < 1.29 is 8.83 Å². The second-order valence-corrected chi connectivity index (χ2v) is 16.6. The van der Waals surface area contributed by atoms with Crippen LogP contribution >= 0.6 is 22.7 Å². The van der Waals surface area contributed by atoms with Crippen molar-refractivity contribution in [2.75, 3.05) is 9.80 Å². The van der Waals surface area contributed by atoms with Crippen molar-refractivity contribution in [1.29, 1.82) is 0 Å². The van der Waals surface area contributed by atoms with Gasteiger partial charge in [-0.2, -0.15) is 0 Å². The standard InChI is InChI=1S/C50H32N2O2S2/c1-3-11-32(12-4-1)45-29-46-47(55-45)30-48(56-46)51(34-21-19-31(20-22-34)43-28-44-42(54-43)25-26-53-44)35-23-24-40-41(27-35)52(33-13-5-2-6-14-33)50-39-18-10-8-16-37(39)36-15-7-9-17-38(36)49(40)50/h1-30,40-41H. The van der Waals surface area contributed by atoms with E-state index in [9.17, 15) is 0 Å². The molecule has 6 heteroatoms. The quantitative estimate of drug-likeness (QED) is 0.158. The number of thiophene rings is 2. The maximum atomic E-state index is 6.13. The molecule has 5 heterocycles. The van der Waals surface area contributed by atoms with Crippen LogP contribution in [0.15, 0.2) is 197 Å². The maximum Gasteiger partial charge on any atom is 0.173 e. The van der Waals surface area contributed by atoms with Crippen molar-refractivity contribution in [2.24, 2.45) is 0 Å². The van der Waals surface area contributed by atoms with Crippen LogP contribution < -0.4 is 9.80 Å². The summed E-state index contributed by atoms with van der Waals surface area (Å²) in [4.78, 5) is 6.32. The van der Waals surface area contributed by atoms with Crippen LogP contribution in [0.4, 0.5) is 22.1 Å². The van der Waals surface area contributed by atoms with Crippen LogP contribution in [0.3, 0.4) is 0 Å². The normalized spacial score (nSPS) is 16.2. The summed E-state index contributed by atoms with van der Waals surface area (Å²) in [5, 5.41) is 6.38. The van der Waals surface area contributed by atoms with Crippen molar-refractivity contribution in [3.63, 3.8) is 0 Å². The minimum atomic E-state index is 0.0627. The highest BCUT2D eigenvalue weighted by Gasteiger charge is 2.41. The molecule has 6 aromatic carbocycles. The second kappa shape index (κ2) is 12.5. The van der Waals surface area contributed by atoms with Gasteiger partial charge < -0.3 is 18.6 Å². The third-order valence-electron chi connectivity index (χ3n) is 11.3. The molecule has 0 N–H and O–H groups in total. The molecule has 2 unspecified atom stereocenters. The predicted octanol–water partition coefficient (Wildman–Crippen LogP) is 14.8. The van der Waals surface area contributed by atoms with Crippen LogP contribution in [-0.2, 0) is 0 Å². The van der Waals surface area contributed by atoms with Crippen LogP contribution in [0.25, 0.3) is 63.9 Å². The molecular formula is C50H32N2O2S2. The summed E-state index contributed by atoms with van der Waals surface area (Å²) in [6.45, 7) is 0. The van der Waals surface area contributed by atoms with Crippen LogP contribution in [0, 0.1) is 0 Å². The molecule has 4 aromatic heterocycles. The van der Waals surface area contributed by atoms with Gasteiger partial charge in [0, 0.05) is 60.3 Å². The molecule has 1 aliphatic heterocycles. The highest BCUT2D eigenvalue weighted by molar-refractivity contribution is 7.31. The number of hydrogen-bond donors (Lipinski definition) is 0. The van der Waals surface area contributed by atoms with E-state index in [1.165, 1.54) is 63.3 Å². The van der Waals surface area contributed by atoms with Gasteiger partial charge in [-0.1, -0.05) is 103 Å². The largest absolute Gasteiger partial charge is 0.461 e. The van der Waals surface area contributed by atoms with Gasteiger partial charge in [0.15, 0.2) is 11.2 Å². The highest BCUT2D eigenvalue weighted by atomic mass is 32.1. The maximum absolute atomic E-state index is 6.13. The Morgan fingerprint density at radius 1 is 0.589 bits per heavy atom. The van der Waals surface area contributed by atoms with Gasteiger partial charge in [0.25, 0.3) is 0 Å². The smallest absolute Gasteiger partial charge is 0.173 e. The average Bonchev–Trinajstić information content (AvgIpc) is 4.09. The first kappa shape index (κ1) is 31.7. The molecule has 2 aliphatic rings. The first-order chi connectivity index (χ1) is 27.7. The lowest BCUT2D eigenvalue weighted by atomic mass is 9.85. The van der Waals surface area contributed by atoms with E-state index < -0.39 is 0 Å². The number of furan rings is 2. The topological polar surface area (TPSA) is 32.8 Å². The van der Waals surface area contributed by atoms with Crippen LogP contribution in [0.5, 0.6) is 0 Å². The Morgan fingerprint density at radius 3 is 2.05 bits per heavy atom. The van der Waals surface area contributed by atoms with Crippen molar-refractivity contribution in [3.8, 4) is 21.8 Å². The van der Waals surface area contributed by atoms with Crippen molar-refractivity contribution >= 4 is 86.8 Å². The van der Waals surface area contributed by atoms with Gasteiger partial charge in [0.2, 0.25) is 0 Å². The summed E-state index contributed by atoms with van der Waals surface area (Å²) in [5.41, 5.74) is 9.90. The SMILES string of the molecule is C1=CC2c3c(c4ccccc4c4ccccc34)N(c3ccccc3)C2C=C1N(c1ccc(-c2cc3occc3o2)cc1)c1cc2sc(-c3ccccc3)cc2s1. The molecule has 0 spiro atoms. The zero-order valence-corrected chi connectivity index (χ0v) is 31.6. The van der Waals surface area contributed by atoms with E-state index in [4.69, 9.17) is 8.83 Å². The zero-order valence-electron chi connectivity index (χ0n) is 30.0. The number of benzene rings is 6. The van der Waals surface area contributed by atoms with E-state index in [0.29, 0.717) is 0 Å². The Morgan fingerprint density at radius 2 is 1.29 bits per heavy atom. The molecule has 0 saturated heterocycles. The van der Waals surface area contributed by atoms with Gasteiger partial charge >= 0.3 is 0 Å². The van der Waals surface area contributed by atoms with Crippen LogP contribution in [0.2, 0.25) is 0 Å². The first-order valence-corrected chi connectivity index (χ1v) is 20.5. The molecule has 0 amide bonds. The van der Waals surface area contributed by atoms with E-state index in [2.05, 4.69) is 174 Å². The Hall–Kier alpha value is -6.60. The lowest BCUT2D eigenvalue weighted by Crippen LogP contribution is -2.31.